The molecule has 282 valence electrons. The van der Waals surface area contributed by atoms with Gasteiger partial charge in [-0.05, 0) is 148 Å². The molecule has 0 atom stereocenters. The molecule has 1 heteroatoms. The Morgan fingerprint density at radius 1 is 0.450 bits per heavy atom. The van der Waals surface area contributed by atoms with E-state index in [-0.39, 0.29) is 5.41 Å². The molecule has 0 fully saturated rings. The summed E-state index contributed by atoms with van der Waals surface area (Å²) < 4.78 is 6.69. The van der Waals surface area contributed by atoms with Gasteiger partial charge in [-0.25, -0.2) is 0 Å². The lowest BCUT2D eigenvalue weighted by atomic mass is 9.77. The molecule has 1 aromatic heterocycles. The molecule has 2 aliphatic rings. The van der Waals surface area contributed by atoms with Crippen molar-refractivity contribution in [2.75, 3.05) is 0 Å². The van der Waals surface area contributed by atoms with Crippen molar-refractivity contribution in [3.63, 3.8) is 0 Å². The van der Waals surface area contributed by atoms with Crippen molar-refractivity contribution < 1.29 is 4.42 Å². The minimum absolute atomic E-state index is 0.179. The minimum Gasteiger partial charge on any atom is -0.455 e. The van der Waals surface area contributed by atoms with Gasteiger partial charge in [-0.3, -0.25) is 0 Å². The summed E-state index contributed by atoms with van der Waals surface area (Å²) in [5.41, 5.74) is 17.5. The van der Waals surface area contributed by atoms with Crippen molar-refractivity contribution in [3.05, 3.63) is 198 Å². The summed E-state index contributed by atoms with van der Waals surface area (Å²) in [5, 5.41) is 12.3. The first kappa shape index (κ1) is 33.7. The highest BCUT2D eigenvalue weighted by molar-refractivity contribution is 6.22. The van der Waals surface area contributed by atoms with Gasteiger partial charge in [-0.2, -0.15) is 0 Å². The summed E-state index contributed by atoms with van der Waals surface area (Å²) in [4.78, 5) is 0. The van der Waals surface area contributed by atoms with Crippen LogP contribution in [0.3, 0.4) is 0 Å². The van der Waals surface area contributed by atoms with Crippen LogP contribution >= 0.6 is 0 Å². The average Bonchev–Trinajstić information content (AvgIpc) is 3.80. The van der Waals surface area contributed by atoms with Crippen LogP contribution in [-0.2, 0) is 11.8 Å². The van der Waals surface area contributed by atoms with Crippen molar-refractivity contribution in [1.82, 2.24) is 0 Å². The molecule has 0 N–H and O–H groups in total. The number of hydrogen-bond donors (Lipinski definition) is 0. The molecule has 0 bridgehead atoms. The highest BCUT2D eigenvalue weighted by Gasteiger charge is 2.39. The second-order valence-electron chi connectivity index (χ2n) is 17.5. The standard InChI is InChI=1S/C59H40O/c1-59(2)52-21-11-9-20-49(52)56-47-29-30-48-42-15-10-12-22-53(42)60-58(48)51(47)34-50(57(56)59)39-26-24-38-33-41(28-25-37(38)31-39)55-45-18-7-5-16-43(45)54(44-17-6-8-19-46(44)55)40-27-23-35-13-3-4-14-36(35)32-40/h3,5-13,15-34H,4,14H2,1-2H3. The Morgan fingerprint density at radius 3 is 1.78 bits per heavy atom. The fraction of sp³-hybridized carbons (Fsp3) is 0.0847. The first-order chi connectivity index (χ1) is 29.5. The van der Waals surface area contributed by atoms with Crippen molar-refractivity contribution in [1.29, 1.82) is 0 Å². The van der Waals surface area contributed by atoms with E-state index >= 15 is 0 Å². The third kappa shape index (κ3) is 4.69. The van der Waals surface area contributed by atoms with Crippen LogP contribution in [0.15, 0.2) is 180 Å². The highest BCUT2D eigenvalue weighted by Crippen LogP contribution is 2.56. The number of benzene rings is 10. The molecule has 11 aromatic rings. The van der Waals surface area contributed by atoms with Gasteiger partial charge in [0.2, 0.25) is 0 Å². The maximum absolute atomic E-state index is 6.69. The predicted molar refractivity (Wildman–Crippen MR) is 255 cm³/mol. The van der Waals surface area contributed by atoms with Crippen molar-refractivity contribution in [3.8, 4) is 44.5 Å². The summed E-state index contributed by atoms with van der Waals surface area (Å²) in [6.45, 7) is 4.78. The number of fused-ring (bicyclic) bond motifs is 13. The van der Waals surface area contributed by atoms with Crippen molar-refractivity contribution in [2.24, 2.45) is 0 Å². The number of hydrogen-bond acceptors (Lipinski definition) is 1. The van der Waals surface area contributed by atoms with Crippen LogP contribution in [-0.4, -0.2) is 0 Å². The summed E-state index contributed by atoms with van der Waals surface area (Å²) >= 11 is 0. The average molecular weight is 765 g/mol. The number of rotatable bonds is 3. The second kappa shape index (κ2) is 12.4. The zero-order valence-electron chi connectivity index (χ0n) is 33.6. The summed E-state index contributed by atoms with van der Waals surface area (Å²) in [7, 11) is 0. The third-order valence-corrected chi connectivity index (χ3v) is 13.8. The molecule has 1 heterocycles. The fourth-order valence-electron chi connectivity index (χ4n) is 11.1. The minimum atomic E-state index is -0.179. The summed E-state index contributed by atoms with van der Waals surface area (Å²) in [6.07, 6.45) is 6.76. The summed E-state index contributed by atoms with van der Waals surface area (Å²) in [6, 6.07) is 63.6. The van der Waals surface area contributed by atoms with E-state index < -0.39 is 0 Å². The van der Waals surface area contributed by atoms with E-state index in [0.29, 0.717) is 0 Å². The fourth-order valence-corrected chi connectivity index (χ4v) is 11.1. The second-order valence-corrected chi connectivity index (χ2v) is 17.5. The van der Waals surface area contributed by atoms with Gasteiger partial charge in [0.05, 0.1) is 0 Å². The number of allylic oxidation sites excluding steroid dienone is 1. The van der Waals surface area contributed by atoms with Gasteiger partial charge in [0.15, 0.2) is 0 Å². The van der Waals surface area contributed by atoms with E-state index in [9.17, 15) is 0 Å². The normalized spacial score (nSPS) is 14.1. The van der Waals surface area contributed by atoms with Crippen LogP contribution in [0.5, 0.6) is 0 Å². The Morgan fingerprint density at radius 2 is 1.03 bits per heavy atom. The molecule has 0 aliphatic heterocycles. The molecule has 2 aliphatic carbocycles. The number of aryl methyl sites for hydroxylation is 1. The van der Waals surface area contributed by atoms with Crippen LogP contribution in [0.4, 0.5) is 0 Å². The topological polar surface area (TPSA) is 13.1 Å². The van der Waals surface area contributed by atoms with Gasteiger partial charge in [0.1, 0.15) is 11.2 Å². The van der Waals surface area contributed by atoms with Gasteiger partial charge >= 0.3 is 0 Å². The molecule has 1 nitrogen and oxygen atoms in total. The first-order valence-electron chi connectivity index (χ1n) is 21.3. The Hall–Kier alpha value is -7.22. The molecule has 0 unspecified atom stereocenters. The van der Waals surface area contributed by atoms with Gasteiger partial charge in [-0.1, -0.05) is 166 Å². The molecular formula is C59H40O. The molecule has 60 heavy (non-hydrogen) atoms. The van der Waals surface area contributed by atoms with Crippen LogP contribution in [0.25, 0.3) is 116 Å². The quantitative estimate of drug-likeness (QED) is 0.163. The molecule has 13 rings (SSSR count). The summed E-state index contributed by atoms with van der Waals surface area (Å²) in [5.74, 6) is 0. The SMILES string of the molecule is CC1(C)c2ccccc2-c2c1c(-c1ccc3cc(-c4c5ccccc5c(-c5ccc6c(c5)CCC=C6)c5ccccc45)ccc3c1)cc1c2ccc2c3ccccc3oc12. The molecule has 10 aromatic carbocycles. The van der Waals surface area contributed by atoms with Crippen LogP contribution in [0.1, 0.15) is 42.5 Å². The van der Waals surface area contributed by atoms with E-state index in [2.05, 4.69) is 196 Å². The van der Waals surface area contributed by atoms with Crippen molar-refractivity contribution in [2.45, 2.75) is 32.1 Å². The van der Waals surface area contributed by atoms with E-state index in [1.807, 2.05) is 0 Å². The maximum atomic E-state index is 6.69. The lowest BCUT2D eigenvalue weighted by Crippen LogP contribution is -2.16. The molecule has 0 spiro atoms. The van der Waals surface area contributed by atoms with Gasteiger partial charge in [0, 0.05) is 21.6 Å². The zero-order valence-corrected chi connectivity index (χ0v) is 33.6. The van der Waals surface area contributed by atoms with Gasteiger partial charge in [0.25, 0.3) is 0 Å². The third-order valence-electron chi connectivity index (χ3n) is 13.8. The number of furan rings is 1. The van der Waals surface area contributed by atoms with E-state index in [1.54, 1.807) is 0 Å². The van der Waals surface area contributed by atoms with E-state index in [1.165, 1.54) is 104 Å². The van der Waals surface area contributed by atoms with Crippen LogP contribution in [0.2, 0.25) is 0 Å². The largest absolute Gasteiger partial charge is 0.455 e. The zero-order chi connectivity index (χ0) is 39.7. The Bertz CT molecular complexity index is 3630. The van der Waals surface area contributed by atoms with Crippen LogP contribution in [0, 0.1) is 0 Å². The van der Waals surface area contributed by atoms with Gasteiger partial charge < -0.3 is 4.42 Å². The molecular weight excluding hydrogens is 725 g/mol. The lowest BCUT2D eigenvalue weighted by Gasteiger charge is -2.25. The Kier molecular flexibility index (Phi) is 6.97. The lowest BCUT2D eigenvalue weighted by molar-refractivity contribution is 0.662. The molecule has 0 saturated carbocycles. The molecule has 0 amide bonds. The van der Waals surface area contributed by atoms with Gasteiger partial charge in [-0.15, -0.1) is 0 Å². The van der Waals surface area contributed by atoms with E-state index in [0.717, 1.165) is 40.2 Å². The Labute approximate surface area is 348 Å². The molecule has 0 saturated heterocycles. The highest BCUT2D eigenvalue weighted by atomic mass is 16.3. The predicted octanol–water partition coefficient (Wildman–Crippen LogP) is 16.5. The first-order valence-corrected chi connectivity index (χ1v) is 21.3. The van der Waals surface area contributed by atoms with Crippen molar-refractivity contribution >= 4 is 71.1 Å². The van der Waals surface area contributed by atoms with E-state index in [4.69, 9.17) is 4.42 Å². The smallest absolute Gasteiger partial charge is 0.143 e. The Balaban J connectivity index is 1.01. The van der Waals surface area contributed by atoms with Crippen LogP contribution < -0.4 is 0 Å². The molecule has 0 radical (unpaired) electrons. The monoisotopic (exact) mass is 764 g/mol. The number of para-hydroxylation sites is 1. The maximum Gasteiger partial charge on any atom is 0.143 e.